The normalized spacial score (nSPS) is 12.4. The van der Waals surface area contributed by atoms with Crippen LogP contribution in [0, 0.1) is 11.6 Å². The minimum absolute atomic E-state index is 0.0260. The molecule has 0 aliphatic carbocycles. The van der Waals surface area contributed by atoms with Crippen molar-refractivity contribution in [2.24, 2.45) is 0 Å². The second-order valence-electron chi connectivity index (χ2n) is 4.76. The van der Waals surface area contributed by atoms with Crippen LogP contribution < -0.4 is 5.32 Å². The molecule has 106 valence electrons. The van der Waals surface area contributed by atoms with E-state index in [4.69, 9.17) is 0 Å². The van der Waals surface area contributed by atoms with Gasteiger partial charge in [-0.25, -0.2) is 8.78 Å². The van der Waals surface area contributed by atoms with E-state index in [1.807, 2.05) is 6.92 Å². The van der Waals surface area contributed by atoms with Gasteiger partial charge in [0.15, 0.2) is 0 Å². The van der Waals surface area contributed by atoms with E-state index in [2.05, 4.69) is 17.2 Å². The van der Waals surface area contributed by atoms with Crippen LogP contribution in [0.4, 0.5) is 8.78 Å². The van der Waals surface area contributed by atoms with Crippen molar-refractivity contribution in [1.29, 1.82) is 0 Å². The fraction of sp³-hybridized carbons (Fsp3) is 0.312. The Bertz CT molecular complexity index is 584. The number of rotatable bonds is 5. The Balaban J connectivity index is 2.46. The number of benzene rings is 1. The van der Waals surface area contributed by atoms with Gasteiger partial charge in [-0.3, -0.25) is 4.98 Å². The second kappa shape index (κ2) is 6.57. The van der Waals surface area contributed by atoms with E-state index in [1.54, 1.807) is 12.1 Å². The summed E-state index contributed by atoms with van der Waals surface area (Å²) in [6, 6.07) is 6.08. The van der Waals surface area contributed by atoms with Crippen molar-refractivity contribution in [2.45, 2.75) is 26.3 Å². The topological polar surface area (TPSA) is 24.9 Å². The lowest BCUT2D eigenvalue weighted by molar-refractivity contribution is 0.567. The predicted molar refractivity (Wildman–Crippen MR) is 76.3 cm³/mol. The monoisotopic (exact) mass is 276 g/mol. The van der Waals surface area contributed by atoms with Crippen LogP contribution in [0.2, 0.25) is 0 Å². The average molecular weight is 276 g/mol. The van der Waals surface area contributed by atoms with Crippen LogP contribution in [0.5, 0.6) is 0 Å². The molecule has 2 aromatic rings. The predicted octanol–water partition coefficient (Wildman–Crippen LogP) is 4.09. The minimum atomic E-state index is -0.443. The Morgan fingerprint density at radius 2 is 2.00 bits per heavy atom. The maximum atomic E-state index is 13.9. The van der Waals surface area contributed by atoms with Crippen LogP contribution in [-0.2, 0) is 0 Å². The van der Waals surface area contributed by atoms with Gasteiger partial charge >= 0.3 is 0 Å². The molecule has 2 rings (SSSR count). The first-order valence-electron chi connectivity index (χ1n) is 6.76. The Morgan fingerprint density at radius 3 is 2.70 bits per heavy atom. The Hall–Kier alpha value is -1.81. The van der Waals surface area contributed by atoms with Gasteiger partial charge in [-0.2, -0.15) is 0 Å². The van der Waals surface area contributed by atoms with Gasteiger partial charge in [-0.1, -0.05) is 13.0 Å². The highest BCUT2D eigenvalue weighted by Gasteiger charge is 2.15. The van der Waals surface area contributed by atoms with E-state index >= 15 is 0 Å². The molecule has 4 heteroatoms. The summed E-state index contributed by atoms with van der Waals surface area (Å²) in [6.07, 6.45) is 3.66. The lowest BCUT2D eigenvalue weighted by Gasteiger charge is -2.18. The van der Waals surface area contributed by atoms with Crippen molar-refractivity contribution in [3.05, 3.63) is 53.9 Å². The average Bonchev–Trinajstić information content (AvgIpc) is 2.45. The lowest BCUT2D eigenvalue weighted by atomic mass is 9.95. The van der Waals surface area contributed by atoms with Gasteiger partial charge in [-0.05, 0) is 49.2 Å². The first-order chi connectivity index (χ1) is 9.63. The van der Waals surface area contributed by atoms with Crippen LogP contribution >= 0.6 is 0 Å². The van der Waals surface area contributed by atoms with E-state index in [0.717, 1.165) is 24.7 Å². The molecule has 0 aliphatic heterocycles. The van der Waals surface area contributed by atoms with Crippen molar-refractivity contribution in [2.75, 3.05) is 6.54 Å². The van der Waals surface area contributed by atoms with Gasteiger partial charge in [-0.15, -0.1) is 0 Å². The molecule has 1 unspecified atom stereocenters. The fourth-order valence-corrected chi connectivity index (χ4v) is 2.20. The summed E-state index contributed by atoms with van der Waals surface area (Å²) in [5, 5.41) is 3.34. The van der Waals surface area contributed by atoms with E-state index in [1.165, 1.54) is 18.3 Å². The molecule has 0 radical (unpaired) electrons. The van der Waals surface area contributed by atoms with Crippen molar-refractivity contribution in [1.82, 2.24) is 10.3 Å². The quantitative estimate of drug-likeness (QED) is 0.889. The van der Waals surface area contributed by atoms with Crippen LogP contribution in [0.1, 0.15) is 31.9 Å². The molecule has 0 fully saturated rings. The standard InChI is InChI=1S/C16H18F2N2/c1-3-7-20-11(2)13-5-4-12(17)9-15(13)14-6-8-19-10-16(14)18/h4-6,8-11,20H,3,7H2,1-2H3. The molecule has 0 aliphatic rings. The van der Waals surface area contributed by atoms with Crippen molar-refractivity contribution >= 4 is 0 Å². The molecule has 0 spiro atoms. The SMILES string of the molecule is CCCNC(C)c1ccc(F)cc1-c1ccncc1F. The molecule has 1 heterocycles. The third-order valence-electron chi connectivity index (χ3n) is 3.24. The third kappa shape index (κ3) is 3.20. The Kier molecular flexibility index (Phi) is 4.79. The fourth-order valence-electron chi connectivity index (χ4n) is 2.20. The highest BCUT2D eigenvalue weighted by Crippen LogP contribution is 2.30. The molecule has 0 saturated heterocycles. The number of pyridine rings is 1. The zero-order valence-electron chi connectivity index (χ0n) is 11.7. The maximum absolute atomic E-state index is 13.9. The highest BCUT2D eigenvalue weighted by molar-refractivity contribution is 5.68. The number of halogens is 2. The van der Waals surface area contributed by atoms with E-state index in [0.29, 0.717) is 11.1 Å². The number of nitrogens with zero attached hydrogens (tertiary/aromatic N) is 1. The molecule has 0 saturated carbocycles. The van der Waals surface area contributed by atoms with Crippen molar-refractivity contribution in [3.8, 4) is 11.1 Å². The van der Waals surface area contributed by atoms with E-state index in [9.17, 15) is 8.78 Å². The van der Waals surface area contributed by atoms with Crippen LogP contribution in [-0.4, -0.2) is 11.5 Å². The summed E-state index contributed by atoms with van der Waals surface area (Å²) in [5.41, 5.74) is 1.82. The highest BCUT2D eigenvalue weighted by atomic mass is 19.1. The van der Waals surface area contributed by atoms with E-state index < -0.39 is 5.82 Å². The van der Waals surface area contributed by atoms with Crippen LogP contribution in [0.3, 0.4) is 0 Å². The van der Waals surface area contributed by atoms with Gasteiger partial charge in [0.25, 0.3) is 0 Å². The first-order valence-corrected chi connectivity index (χ1v) is 6.76. The summed E-state index contributed by atoms with van der Waals surface area (Å²) < 4.78 is 27.4. The minimum Gasteiger partial charge on any atom is -0.310 e. The molecule has 1 N–H and O–H groups in total. The molecule has 0 bridgehead atoms. The number of aromatic nitrogens is 1. The molecular weight excluding hydrogens is 258 g/mol. The summed E-state index contributed by atoms with van der Waals surface area (Å²) in [5.74, 6) is -0.815. The number of hydrogen-bond donors (Lipinski definition) is 1. The number of hydrogen-bond acceptors (Lipinski definition) is 2. The summed E-state index contributed by atoms with van der Waals surface area (Å²) >= 11 is 0. The summed E-state index contributed by atoms with van der Waals surface area (Å²) in [4.78, 5) is 3.73. The Morgan fingerprint density at radius 1 is 1.20 bits per heavy atom. The van der Waals surface area contributed by atoms with Crippen molar-refractivity contribution in [3.63, 3.8) is 0 Å². The Labute approximate surface area is 117 Å². The zero-order chi connectivity index (χ0) is 14.5. The molecule has 0 amide bonds. The van der Waals surface area contributed by atoms with Crippen LogP contribution in [0.25, 0.3) is 11.1 Å². The first kappa shape index (κ1) is 14.6. The van der Waals surface area contributed by atoms with E-state index in [-0.39, 0.29) is 11.9 Å². The summed E-state index contributed by atoms with van der Waals surface area (Å²) in [6.45, 7) is 4.93. The second-order valence-corrected chi connectivity index (χ2v) is 4.76. The maximum Gasteiger partial charge on any atom is 0.149 e. The molecular formula is C16H18F2N2. The van der Waals surface area contributed by atoms with Gasteiger partial charge in [0.05, 0.1) is 6.20 Å². The van der Waals surface area contributed by atoms with Gasteiger partial charge in [0.1, 0.15) is 11.6 Å². The largest absolute Gasteiger partial charge is 0.310 e. The summed E-state index contributed by atoms with van der Waals surface area (Å²) in [7, 11) is 0. The van der Waals surface area contributed by atoms with Crippen molar-refractivity contribution < 1.29 is 8.78 Å². The molecule has 2 nitrogen and oxygen atoms in total. The number of nitrogens with one attached hydrogen (secondary N) is 1. The lowest BCUT2D eigenvalue weighted by Crippen LogP contribution is -2.20. The van der Waals surface area contributed by atoms with Gasteiger partial charge in [0.2, 0.25) is 0 Å². The molecule has 1 atom stereocenters. The van der Waals surface area contributed by atoms with Gasteiger partial charge in [0, 0.05) is 17.8 Å². The van der Waals surface area contributed by atoms with Crippen LogP contribution in [0.15, 0.2) is 36.7 Å². The molecule has 20 heavy (non-hydrogen) atoms. The van der Waals surface area contributed by atoms with Gasteiger partial charge < -0.3 is 5.32 Å². The third-order valence-corrected chi connectivity index (χ3v) is 3.24. The molecule has 1 aromatic heterocycles. The molecule has 1 aromatic carbocycles. The zero-order valence-corrected chi connectivity index (χ0v) is 11.7. The smallest absolute Gasteiger partial charge is 0.149 e.